The molecule has 0 aromatic carbocycles. The first kappa shape index (κ1) is 11.7. The molecule has 2 heteroatoms. The highest BCUT2D eigenvalue weighted by Gasteiger charge is 1.99. The first-order valence-corrected chi connectivity index (χ1v) is 4.55. The number of hydrogen-bond acceptors (Lipinski definition) is 2. The molecular formula is C10H20O2. The molecular weight excluding hydrogens is 152 g/mol. The number of rotatable bonds is 7. The van der Waals surface area contributed by atoms with Gasteiger partial charge in [-0.1, -0.05) is 31.9 Å². The summed E-state index contributed by atoms with van der Waals surface area (Å²) in [6.07, 6.45) is 8.75. The lowest BCUT2D eigenvalue weighted by atomic mass is 10.2. The highest BCUT2D eigenvalue weighted by atomic mass is 16.7. The van der Waals surface area contributed by atoms with Crippen molar-refractivity contribution in [2.45, 2.75) is 38.9 Å². The molecule has 0 aromatic heterocycles. The van der Waals surface area contributed by atoms with Gasteiger partial charge in [-0.2, -0.15) is 0 Å². The van der Waals surface area contributed by atoms with Crippen molar-refractivity contribution in [3.63, 3.8) is 0 Å². The molecule has 0 fully saturated rings. The molecule has 72 valence electrons. The van der Waals surface area contributed by atoms with Crippen LogP contribution in [-0.2, 0) is 9.47 Å². The molecule has 0 aliphatic heterocycles. The van der Waals surface area contributed by atoms with Gasteiger partial charge in [0.15, 0.2) is 6.29 Å². The molecule has 2 nitrogen and oxygen atoms in total. The molecule has 12 heavy (non-hydrogen) atoms. The van der Waals surface area contributed by atoms with E-state index in [2.05, 4.69) is 19.1 Å². The van der Waals surface area contributed by atoms with Crippen LogP contribution in [0.25, 0.3) is 0 Å². The molecule has 0 N–H and O–H groups in total. The van der Waals surface area contributed by atoms with E-state index in [-0.39, 0.29) is 6.29 Å². The Kier molecular flexibility index (Phi) is 8.51. The third-order valence-electron chi connectivity index (χ3n) is 1.75. The van der Waals surface area contributed by atoms with Crippen molar-refractivity contribution in [3.8, 4) is 0 Å². The van der Waals surface area contributed by atoms with E-state index in [0.717, 1.165) is 12.8 Å². The van der Waals surface area contributed by atoms with E-state index in [0.29, 0.717) is 0 Å². The van der Waals surface area contributed by atoms with Gasteiger partial charge in [0.1, 0.15) is 0 Å². The maximum absolute atomic E-state index is 5.03. The second kappa shape index (κ2) is 8.75. The van der Waals surface area contributed by atoms with Gasteiger partial charge < -0.3 is 9.47 Å². The summed E-state index contributed by atoms with van der Waals surface area (Å²) in [5.74, 6) is 0. The fraction of sp³-hybridized carbons (Fsp3) is 0.800. The van der Waals surface area contributed by atoms with Crippen LogP contribution in [0.1, 0.15) is 32.6 Å². The minimum absolute atomic E-state index is 0.0807. The van der Waals surface area contributed by atoms with Gasteiger partial charge in [0.25, 0.3) is 0 Å². The molecule has 0 atom stereocenters. The zero-order valence-corrected chi connectivity index (χ0v) is 8.38. The summed E-state index contributed by atoms with van der Waals surface area (Å²) in [6, 6.07) is 0. The van der Waals surface area contributed by atoms with Gasteiger partial charge in [0.2, 0.25) is 0 Å². The zero-order valence-electron chi connectivity index (χ0n) is 8.38. The highest BCUT2D eigenvalue weighted by Crippen LogP contribution is 2.01. The Balaban J connectivity index is 3.31. The van der Waals surface area contributed by atoms with E-state index < -0.39 is 0 Å². The van der Waals surface area contributed by atoms with Gasteiger partial charge in [-0.25, -0.2) is 0 Å². The lowest BCUT2D eigenvalue weighted by Gasteiger charge is -2.09. The van der Waals surface area contributed by atoms with E-state index in [9.17, 15) is 0 Å². The van der Waals surface area contributed by atoms with Gasteiger partial charge >= 0.3 is 0 Å². The Labute approximate surface area is 75.6 Å². The Hall–Kier alpha value is -0.340. The first-order valence-electron chi connectivity index (χ1n) is 4.55. The predicted molar refractivity (Wildman–Crippen MR) is 51.1 cm³/mol. The van der Waals surface area contributed by atoms with Crippen molar-refractivity contribution in [2.24, 2.45) is 0 Å². The number of hydrogen-bond donors (Lipinski definition) is 0. The maximum Gasteiger partial charge on any atom is 0.160 e. The molecule has 0 saturated carbocycles. The zero-order chi connectivity index (χ0) is 9.23. The Bertz CT molecular complexity index is 106. The number of allylic oxidation sites excluding steroid dienone is 1. The maximum atomic E-state index is 5.03. The molecule has 0 spiro atoms. The van der Waals surface area contributed by atoms with E-state index in [1.165, 1.54) is 12.8 Å². The monoisotopic (exact) mass is 172 g/mol. The van der Waals surface area contributed by atoms with Crippen LogP contribution >= 0.6 is 0 Å². The number of unbranched alkanes of at least 4 members (excludes halogenated alkanes) is 2. The normalized spacial score (nSPS) is 11.7. The van der Waals surface area contributed by atoms with Gasteiger partial charge in [0, 0.05) is 20.6 Å². The molecule has 0 radical (unpaired) electrons. The Morgan fingerprint density at radius 1 is 1.17 bits per heavy atom. The van der Waals surface area contributed by atoms with E-state index in [4.69, 9.17) is 9.47 Å². The quantitative estimate of drug-likeness (QED) is 0.334. The minimum atomic E-state index is -0.0807. The second-order valence-corrected chi connectivity index (χ2v) is 2.75. The molecule has 0 aliphatic carbocycles. The lowest BCUT2D eigenvalue weighted by molar-refractivity contribution is -0.0986. The third-order valence-corrected chi connectivity index (χ3v) is 1.75. The molecule has 0 heterocycles. The fourth-order valence-corrected chi connectivity index (χ4v) is 0.936. The topological polar surface area (TPSA) is 18.5 Å². The van der Waals surface area contributed by atoms with Gasteiger partial charge in [0.05, 0.1) is 0 Å². The second-order valence-electron chi connectivity index (χ2n) is 2.75. The van der Waals surface area contributed by atoms with Crippen LogP contribution in [0.15, 0.2) is 12.2 Å². The van der Waals surface area contributed by atoms with Crippen molar-refractivity contribution in [2.75, 3.05) is 14.2 Å². The van der Waals surface area contributed by atoms with Crippen LogP contribution in [0, 0.1) is 0 Å². The van der Waals surface area contributed by atoms with Crippen molar-refractivity contribution in [1.29, 1.82) is 0 Å². The van der Waals surface area contributed by atoms with Crippen LogP contribution in [-0.4, -0.2) is 20.5 Å². The molecule has 0 rings (SSSR count). The first-order chi connectivity index (χ1) is 5.85. The van der Waals surface area contributed by atoms with Crippen LogP contribution < -0.4 is 0 Å². The fourth-order valence-electron chi connectivity index (χ4n) is 0.936. The molecule has 0 amide bonds. The van der Waals surface area contributed by atoms with Crippen LogP contribution in [0.3, 0.4) is 0 Å². The summed E-state index contributed by atoms with van der Waals surface area (Å²) in [6.45, 7) is 2.20. The van der Waals surface area contributed by atoms with Crippen LogP contribution in [0.4, 0.5) is 0 Å². The molecule has 0 aliphatic rings. The minimum Gasteiger partial charge on any atom is -0.356 e. The lowest BCUT2D eigenvalue weighted by Crippen LogP contribution is -2.10. The summed E-state index contributed by atoms with van der Waals surface area (Å²) >= 11 is 0. The molecule has 0 bridgehead atoms. The Morgan fingerprint density at radius 3 is 2.33 bits per heavy atom. The van der Waals surface area contributed by atoms with Crippen molar-refractivity contribution in [1.82, 2.24) is 0 Å². The number of methoxy groups -OCH3 is 2. The van der Waals surface area contributed by atoms with E-state index in [1.54, 1.807) is 14.2 Å². The summed E-state index contributed by atoms with van der Waals surface area (Å²) in [5, 5.41) is 0. The standard InChI is InChI=1S/C10H20O2/c1-4-5-6-7-8-9-10(11-2)12-3/h7-8,10H,4-6,9H2,1-3H3. The van der Waals surface area contributed by atoms with Gasteiger partial charge in [-0.05, 0) is 6.42 Å². The highest BCUT2D eigenvalue weighted by molar-refractivity contribution is 4.82. The SMILES string of the molecule is CCCCC=CCC(OC)OC. The van der Waals surface area contributed by atoms with Crippen molar-refractivity contribution >= 4 is 0 Å². The van der Waals surface area contributed by atoms with E-state index in [1.807, 2.05) is 0 Å². The van der Waals surface area contributed by atoms with Gasteiger partial charge in [-0.3, -0.25) is 0 Å². The molecule has 0 aromatic rings. The van der Waals surface area contributed by atoms with Crippen LogP contribution in [0.5, 0.6) is 0 Å². The van der Waals surface area contributed by atoms with Gasteiger partial charge in [-0.15, -0.1) is 0 Å². The summed E-state index contributed by atoms with van der Waals surface area (Å²) in [5.41, 5.74) is 0. The summed E-state index contributed by atoms with van der Waals surface area (Å²) in [4.78, 5) is 0. The van der Waals surface area contributed by atoms with Crippen molar-refractivity contribution in [3.05, 3.63) is 12.2 Å². The smallest absolute Gasteiger partial charge is 0.160 e. The number of ether oxygens (including phenoxy) is 2. The van der Waals surface area contributed by atoms with Crippen LogP contribution in [0.2, 0.25) is 0 Å². The average molecular weight is 172 g/mol. The third kappa shape index (κ3) is 6.38. The van der Waals surface area contributed by atoms with E-state index >= 15 is 0 Å². The predicted octanol–water partition coefficient (Wildman–Crippen LogP) is 2.74. The molecule has 0 unspecified atom stereocenters. The average Bonchev–Trinajstić information content (AvgIpc) is 2.11. The van der Waals surface area contributed by atoms with Crippen molar-refractivity contribution < 1.29 is 9.47 Å². The Morgan fingerprint density at radius 2 is 1.83 bits per heavy atom. The molecule has 0 saturated heterocycles. The largest absolute Gasteiger partial charge is 0.356 e. The summed E-state index contributed by atoms with van der Waals surface area (Å²) < 4.78 is 10.1. The summed E-state index contributed by atoms with van der Waals surface area (Å²) in [7, 11) is 3.32.